The number of carbonyl (C=O) groups is 1. The van der Waals surface area contributed by atoms with Gasteiger partial charge in [-0.05, 0) is 39.3 Å². The highest BCUT2D eigenvalue weighted by atomic mass is 32.1. The molecule has 3 nitrogen and oxygen atoms in total. The molecule has 0 aromatic heterocycles. The summed E-state index contributed by atoms with van der Waals surface area (Å²) in [6.07, 6.45) is 3.82. The normalized spacial score (nSPS) is 22.9. The van der Waals surface area contributed by atoms with Gasteiger partial charge < -0.3 is 10.0 Å². The molecule has 16 heavy (non-hydrogen) atoms. The highest BCUT2D eigenvalue weighted by molar-refractivity contribution is 7.81. The Kier molecular flexibility index (Phi) is 5.12. The summed E-state index contributed by atoms with van der Waals surface area (Å²) in [5, 5.41) is 8.91. The number of thiol groups is 1. The minimum atomic E-state index is -0.637. The van der Waals surface area contributed by atoms with Crippen molar-refractivity contribution in [3.05, 3.63) is 0 Å². The van der Waals surface area contributed by atoms with Crippen molar-refractivity contribution < 1.29 is 9.90 Å². The molecule has 0 aliphatic carbocycles. The van der Waals surface area contributed by atoms with Gasteiger partial charge in [-0.25, -0.2) is 0 Å². The summed E-state index contributed by atoms with van der Waals surface area (Å²) in [4.78, 5) is 13.2. The van der Waals surface area contributed by atoms with Crippen LogP contribution in [0, 0.1) is 5.92 Å². The van der Waals surface area contributed by atoms with Crippen LogP contribution in [0.5, 0.6) is 0 Å². The first-order chi connectivity index (χ1) is 7.44. The first-order valence-electron chi connectivity index (χ1n) is 6.12. The lowest BCUT2D eigenvalue weighted by molar-refractivity contribution is -0.143. The summed E-state index contributed by atoms with van der Waals surface area (Å²) in [6, 6.07) is 0. The largest absolute Gasteiger partial charge is 0.481 e. The van der Waals surface area contributed by atoms with Crippen molar-refractivity contribution in [3.8, 4) is 0 Å². The number of carboxylic acid groups (broad SMARTS) is 1. The van der Waals surface area contributed by atoms with Gasteiger partial charge in [0.25, 0.3) is 0 Å². The molecule has 0 bridgehead atoms. The summed E-state index contributed by atoms with van der Waals surface area (Å²) in [7, 11) is 0. The molecule has 1 aliphatic rings. The molecule has 1 atom stereocenters. The smallest absolute Gasteiger partial charge is 0.306 e. The van der Waals surface area contributed by atoms with Crippen LogP contribution in [-0.4, -0.2) is 40.4 Å². The molecule has 1 fully saturated rings. The Morgan fingerprint density at radius 3 is 2.50 bits per heavy atom. The molecule has 1 rings (SSSR count). The third kappa shape index (κ3) is 4.34. The van der Waals surface area contributed by atoms with E-state index in [0.29, 0.717) is 0 Å². The Hall–Kier alpha value is -0.220. The van der Waals surface area contributed by atoms with E-state index in [1.165, 1.54) is 0 Å². The van der Waals surface area contributed by atoms with Crippen LogP contribution in [0.4, 0.5) is 0 Å². The fraction of sp³-hybridized carbons (Fsp3) is 0.917. The number of rotatable bonds is 5. The van der Waals surface area contributed by atoms with Crippen LogP contribution in [-0.2, 0) is 4.79 Å². The van der Waals surface area contributed by atoms with Crippen LogP contribution < -0.4 is 0 Å². The van der Waals surface area contributed by atoms with Crippen molar-refractivity contribution in [2.75, 3.05) is 19.6 Å². The lowest BCUT2D eigenvalue weighted by atomic mass is 9.95. The maximum atomic E-state index is 10.8. The Morgan fingerprint density at radius 1 is 1.50 bits per heavy atom. The maximum absolute atomic E-state index is 10.8. The summed E-state index contributed by atoms with van der Waals surface area (Å²) in [6.45, 7) is 7.11. The zero-order valence-electron chi connectivity index (χ0n) is 10.3. The van der Waals surface area contributed by atoms with Crippen molar-refractivity contribution in [1.29, 1.82) is 0 Å². The van der Waals surface area contributed by atoms with E-state index in [9.17, 15) is 4.79 Å². The number of carboxylic acids is 1. The zero-order chi connectivity index (χ0) is 12.2. The minimum absolute atomic E-state index is 0.0603. The molecule has 0 aromatic rings. The number of aliphatic carboxylic acids is 1. The van der Waals surface area contributed by atoms with Crippen molar-refractivity contribution >= 4 is 18.6 Å². The number of hydrogen-bond donors (Lipinski definition) is 2. The molecule has 0 radical (unpaired) electrons. The van der Waals surface area contributed by atoms with Gasteiger partial charge in [-0.3, -0.25) is 4.79 Å². The topological polar surface area (TPSA) is 40.5 Å². The monoisotopic (exact) mass is 245 g/mol. The van der Waals surface area contributed by atoms with Gasteiger partial charge in [0.1, 0.15) is 0 Å². The molecule has 0 spiro atoms. The van der Waals surface area contributed by atoms with Crippen LogP contribution in [0.2, 0.25) is 0 Å². The standard InChI is InChI=1S/C12H23NO2S/c1-3-6-12(2,16)9-13-7-4-10(5-8-13)11(14)15/h10,16H,3-9H2,1-2H3,(H,14,15). The zero-order valence-corrected chi connectivity index (χ0v) is 11.2. The third-order valence-corrected chi connectivity index (χ3v) is 3.65. The minimum Gasteiger partial charge on any atom is -0.481 e. The van der Waals surface area contributed by atoms with E-state index in [1.807, 2.05) is 0 Å². The van der Waals surface area contributed by atoms with Crippen LogP contribution in [0.3, 0.4) is 0 Å². The van der Waals surface area contributed by atoms with E-state index in [2.05, 4.69) is 31.4 Å². The Morgan fingerprint density at radius 2 is 2.06 bits per heavy atom. The number of piperidine rings is 1. The van der Waals surface area contributed by atoms with Gasteiger partial charge in [-0.2, -0.15) is 12.6 Å². The second kappa shape index (κ2) is 5.92. The Balaban J connectivity index is 2.34. The van der Waals surface area contributed by atoms with Crippen LogP contribution >= 0.6 is 12.6 Å². The predicted octanol–water partition coefficient (Wildman–Crippen LogP) is 2.27. The summed E-state index contributed by atoms with van der Waals surface area (Å²) in [5.74, 6) is -0.768. The first-order valence-corrected chi connectivity index (χ1v) is 6.57. The lowest BCUT2D eigenvalue weighted by Crippen LogP contribution is -2.43. The van der Waals surface area contributed by atoms with E-state index in [-0.39, 0.29) is 10.7 Å². The molecule has 1 aliphatic heterocycles. The maximum Gasteiger partial charge on any atom is 0.306 e. The average molecular weight is 245 g/mol. The summed E-state index contributed by atoms with van der Waals surface area (Å²) >= 11 is 4.68. The highest BCUT2D eigenvalue weighted by Gasteiger charge is 2.28. The molecular formula is C12H23NO2S. The number of hydrogen-bond acceptors (Lipinski definition) is 3. The SMILES string of the molecule is CCCC(C)(S)CN1CCC(C(=O)O)CC1. The summed E-state index contributed by atoms with van der Waals surface area (Å²) in [5.41, 5.74) is 0. The van der Waals surface area contributed by atoms with Gasteiger partial charge in [0.15, 0.2) is 0 Å². The van der Waals surface area contributed by atoms with Gasteiger partial charge in [0.05, 0.1) is 5.92 Å². The van der Waals surface area contributed by atoms with Crippen molar-refractivity contribution in [2.45, 2.75) is 44.3 Å². The molecule has 0 aromatic carbocycles. The fourth-order valence-electron chi connectivity index (χ4n) is 2.44. The lowest BCUT2D eigenvalue weighted by Gasteiger charge is -2.35. The van der Waals surface area contributed by atoms with Gasteiger partial charge in [0, 0.05) is 11.3 Å². The van der Waals surface area contributed by atoms with Gasteiger partial charge in [-0.15, -0.1) is 0 Å². The average Bonchev–Trinajstić information content (AvgIpc) is 2.17. The molecule has 94 valence electrons. The first kappa shape index (κ1) is 13.8. The van der Waals surface area contributed by atoms with Gasteiger partial charge in [0.2, 0.25) is 0 Å². The number of nitrogens with zero attached hydrogens (tertiary/aromatic N) is 1. The van der Waals surface area contributed by atoms with E-state index >= 15 is 0 Å². The van der Waals surface area contributed by atoms with E-state index < -0.39 is 5.97 Å². The van der Waals surface area contributed by atoms with Gasteiger partial charge in [-0.1, -0.05) is 13.3 Å². The summed E-state index contributed by atoms with van der Waals surface area (Å²) < 4.78 is 0.0603. The second-order valence-electron chi connectivity index (χ2n) is 5.14. The van der Waals surface area contributed by atoms with E-state index in [1.54, 1.807) is 0 Å². The van der Waals surface area contributed by atoms with Crippen LogP contribution in [0.25, 0.3) is 0 Å². The highest BCUT2D eigenvalue weighted by Crippen LogP contribution is 2.25. The predicted molar refractivity (Wildman–Crippen MR) is 69.1 cm³/mol. The molecular weight excluding hydrogens is 222 g/mol. The quantitative estimate of drug-likeness (QED) is 0.730. The van der Waals surface area contributed by atoms with E-state index in [4.69, 9.17) is 5.11 Å². The Labute approximate surface area is 104 Å². The van der Waals surface area contributed by atoms with Crippen LogP contribution in [0.1, 0.15) is 39.5 Å². The van der Waals surface area contributed by atoms with E-state index in [0.717, 1.165) is 45.3 Å². The van der Waals surface area contributed by atoms with Gasteiger partial charge >= 0.3 is 5.97 Å². The molecule has 1 unspecified atom stereocenters. The molecule has 1 heterocycles. The Bertz CT molecular complexity index is 235. The van der Waals surface area contributed by atoms with Crippen LogP contribution in [0.15, 0.2) is 0 Å². The van der Waals surface area contributed by atoms with Crippen molar-refractivity contribution in [3.63, 3.8) is 0 Å². The third-order valence-electron chi connectivity index (χ3n) is 3.29. The molecule has 0 saturated carbocycles. The molecule has 0 amide bonds. The fourth-order valence-corrected chi connectivity index (χ4v) is 2.86. The molecule has 1 saturated heterocycles. The van der Waals surface area contributed by atoms with Crippen molar-refractivity contribution in [2.24, 2.45) is 5.92 Å². The second-order valence-corrected chi connectivity index (χ2v) is 6.22. The molecule has 1 N–H and O–H groups in total. The molecule has 4 heteroatoms. The number of likely N-dealkylation sites (tertiary alicyclic amines) is 1. The van der Waals surface area contributed by atoms with Crippen molar-refractivity contribution in [1.82, 2.24) is 4.90 Å².